The lowest BCUT2D eigenvalue weighted by Gasteiger charge is -2.13. The molecule has 2 rings (SSSR count). The van der Waals surface area contributed by atoms with Crippen LogP contribution in [-0.2, 0) is 0 Å². The first-order valence-electron chi connectivity index (χ1n) is 5.31. The highest BCUT2D eigenvalue weighted by molar-refractivity contribution is 5.70. The lowest BCUT2D eigenvalue weighted by Crippen LogP contribution is -1.96. The van der Waals surface area contributed by atoms with Gasteiger partial charge in [0.05, 0.1) is 0 Å². The fraction of sp³-hybridized carbons (Fsp3) is 0.429. The van der Waals surface area contributed by atoms with Crippen LogP contribution in [0.2, 0.25) is 0 Å². The minimum atomic E-state index is 0.614. The summed E-state index contributed by atoms with van der Waals surface area (Å²) in [5, 5.41) is 0. The Morgan fingerprint density at radius 1 is 1.00 bits per heavy atom. The number of aryl methyl sites for hydroxylation is 1. The number of hydrogen-bond acceptors (Lipinski definition) is 0. The van der Waals surface area contributed by atoms with Gasteiger partial charge in [0.25, 0.3) is 0 Å². The lowest BCUT2D eigenvalue weighted by molar-refractivity contribution is 0.916. The number of allylic oxidation sites excluding steroid dienone is 1. The molecular weight excluding hydrogens is 168 g/mol. The van der Waals surface area contributed by atoms with Gasteiger partial charge in [-0.05, 0) is 55.5 Å². The maximum Gasteiger partial charge on any atom is 0.00265 e. The van der Waals surface area contributed by atoms with Crippen molar-refractivity contribution in [3.63, 3.8) is 0 Å². The second-order valence-corrected chi connectivity index (χ2v) is 4.56. The van der Waals surface area contributed by atoms with Crippen molar-refractivity contribution in [3.05, 3.63) is 39.5 Å². The van der Waals surface area contributed by atoms with Gasteiger partial charge in [-0.25, -0.2) is 0 Å². The van der Waals surface area contributed by atoms with Crippen molar-refractivity contribution < 1.29 is 0 Å². The van der Waals surface area contributed by atoms with Crippen LogP contribution < -0.4 is 0 Å². The van der Waals surface area contributed by atoms with E-state index in [1.54, 1.807) is 0 Å². The van der Waals surface area contributed by atoms with Crippen LogP contribution in [0.25, 0.3) is 6.08 Å². The van der Waals surface area contributed by atoms with Crippen molar-refractivity contribution in [3.8, 4) is 0 Å². The van der Waals surface area contributed by atoms with Crippen LogP contribution in [0, 0.1) is 20.8 Å². The molecule has 1 unspecified atom stereocenters. The van der Waals surface area contributed by atoms with E-state index < -0.39 is 0 Å². The number of benzene rings is 1. The van der Waals surface area contributed by atoms with Gasteiger partial charge in [0, 0.05) is 5.92 Å². The summed E-state index contributed by atoms with van der Waals surface area (Å²) in [7, 11) is 0. The fourth-order valence-corrected chi connectivity index (χ4v) is 2.28. The zero-order valence-electron chi connectivity index (χ0n) is 9.73. The molecule has 0 nitrogen and oxygen atoms in total. The van der Waals surface area contributed by atoms with E-state index in [9.17, 15) is 0 Å². The highest BCUT2D eigenvalue weighted by atomic mass is 14.2. The average Bonchev–Trinajstić information content (AvgIpc) is 2.42. The second-order valence-electron chi connectivity index (χ2n) is 4.56. The first kappa shape index (κ1) is 9.51. The summed E-state index contributed by atoms with van der Waals surface area (Å²) in [6.45, 7) is 11.2. The molecule has 0 aliphatic heterocycles. The topological polar surface area (TPSA) is 0 Å². The minimum Gasteiger partial charge on any atom is -0.0655 e. The third-order valence-corrected chi connectivity index (χ3v) is 3.76. The standard InChI is InChI=1S/C14H18/c1-8-6-13-11(4)9(2)7-14(13)12(5)10(8)3/h6-7,11H,1-5H3. The fourth-order valence-electron chi connectivity index (χ4n) is 2.28. The smallest absolute Gasteiger partial charge is 0.00265 e. The summed E-state index contributed by atoms with van der Waals surface area (Å²) in [4.78, 5) is 0. The molecule has 0 heterocycles. The van der Waals surface area contributed by atoms with E-state index in [0.717, 1.165) is 0 Å². The Kier molecular flexibility index (Phi) is 2.02. The molecule has 0 fully saturated rings. The van der Waals surface area contributed by atoms with Gasteiger partial charge in [0.15, 0.2) is 0 Å². The van der Waals surface area contributed by atoms with Gasteiger partial charge in [-0.1, -0.05) is 24.6 Å². The van der Waals surface area contributed by atoms with Gasteiger partial charge >= 0.3 is 0 Å². The molecule has 0 saturated carbocycles. The molecule has 0 saturated heterocycles. The molecule has 1 atom stereocenters. The normalized spacial score (nSPS) is 19.5. The van der Waals surface area contributed by atoms with Crippen molar-refractivity contribution in [1.82, 2.24) is 0 Å². The number of fused-ring (bicyclic) bond motifs is 1. The highest BCUT2D eigenvalue weighted by Crippen LogP contribution is 2.38. The zero-order valence-corrected chi connectivity index (χ0v) is 9.73. The van der Waals surface area contributed by atoms with E-state index in [4.69, 9.17) is 0 Å². The molecular formula is C14H18. The summed E-state index contributed by atoms with van der Waals surface area (Å²) in [5.74, 6) is 0.614. The number of rotatable bonds is 0. The molecule has 74 valence electrons. The van der Waals surface area contributed by atoms with E-state index >= 15 is 0 Å². The van der Waals surface area contributed by atoms with E-state index in [-0.39, 0.29) is 0 Å². The summed E-state index contributed by atoms with van der Waals surface area (Å²) in [6.07, 6.45) is 2.35. The van der Waals surface area contributed by atoms with Gasteiger partial charge in [-0.3, -0.25) is 0 Å². The van der Waals surface area contributed by atoms with Crippen molar-refractivity contribution >= 4 is 6.08 Å². The first-order chi connectivity index (χ1) is 6.52. The van der Waals surface area contributed by atoms with Crippen LogP contribution in [0.1, 0.15) is 47.6 Å². The van der Waals surface area contributed by atoms with Crippen molar-refractivity contribution in [2.45, 2.75) is 40.5 Å². The molecule has 0 amide bonds. The molecule has 1 aliphatic rings. The Hall–Kier alpha value is -1.04. The van der Waals surface area contributed by atoms with Gasteiger partial charge in [-0.15, -0.1) is 0 Å². The van der Waals surface area contributed by atoms with Gasteiger partial charge in [-0.2, -0.15) is 0 Å². The quantitative estimate of drug-likeness (QED) is 0.571. The Bertz CT molecular complexity index is 422. The third-order valence-electron chi connectivity index (χ3n) is 3.76. The monoisotopic (exact) mass is 186 g/mol. The maximum absolute atomic E-state index is 2.36. The summed E-state index contributed by atoms with van der Waals surface area (Å²) in [5.41, 5.74) is 8.82. The van der Waals surface area contributed by atoms with Crippen LogP contribution >= 0.6 is 0 Å². The molecule has 0 bridgehead atoms. The zero-order chi connectivity index (χ0) is 10.5. The Balaban J connectivity index is 2.72. The van der Waals surface area contributed by atoms with E-state index in [1.807, 2.05) is 0 Å². The Morgan fingerprint density at radius 3 is 2.29 bits per heavy atom. The predicted octanol–water partition coefficient (Wildman–Crippen LogP) is 4.13. The maximum atomic E-state index is 2.36. The van der Waals surface area contributed by atoms with E-state index in [1.165, 1.54) is 33.4 Å². The van der Waals surface area contributed by atoms with Crippen LogP contribution in [0.5, 0.6) is 0 Å². The molecule has 0 radical (unpaired) electrons. The molecule has 0 aromatic heterocycles. The Morgan fingerprint density at radius 2 is 1.64 bits per heavy atom. The van der Waals surface area contributed by atoms with Gasteiger partial charge in [0.1, 0.15) is 0 Å². The second kappa shape index (κ2) is 2.98. The lowest BCUT2D eigenvalue weighted by atomic mass is 9.91. The molecule has 0 spiro atoms. The summed E-state index contributed by atoms with van der Waals surface area (Å²) < 4.78 is 0. The van der Waals surface area contributed by atoms with Crippen LogP contribution in [-0.4, -0.2) is 0 Å². The predicted molar refractivity (Wildman–Crippen MR) is 62.7 cm³/mol. The average molecular weight is 186 g/mol. The third kappa shape index (κ3) is 1.13. The molecule has 1 aromatic carbocycles. The van der Waals surface area contributed by atoms with Crippen molar-refractivity contribution in [2.24, 2.45) is 0 Å². The summed E-state index contributed by atoms with van der Waals surface area (Å²) in [6, 6.07) is 2.36. The van der Waals surface area contributed by atoms with E-state index in [2.05, 4.69) is 46.8 Å². The number of hydrogen-bond donors (Lipinski definition) is 0. The largest absolute Gasteiger partial charge is 0.0655 e. The molecule has 14 heavy (non-hydrogen) atoms. The molecule has 1 aromatic rings. The Labute approximate surface area is 86.7 Å². The minimum absolute atomic E-state index is 0.614. The first-order valence-corrected chi connectivity index (χ1v) is 5.31. The van der Waals surface area contributed by atoms with Gasteiger partial charge in [0.2, 0.25) is 0 Å². The van der Waals surface area contributed by atoms with Crippen LogP contribution in [0.3, 0.4) is 0 Å². The van der Waals surface area contributed by atoms with E-state index in [0.29, 0.717) is 5.92 Å². The SMILES string of the molecule is CC1=Cc2c(cc(C)c(C)c2C)C1C. The van der Waals surface area contributed by atoms with Gasteiger partial charge < -0.3 is 0 Å². The summed E-state index contributed by atoms with van der Waals surface area (Å²) >= 11 is 0. The molecule has 0 heteroatoms. The van der Waals surface area contributed by atoms with Crippen molar-refractivity contribution in [1.29, 1.82) is 0 Å². The van der Waals surface area contributed by atoms with Crippen molar-refractivity contribution in [2.75, 3.05) is 0 Å². The highest BCUT2D eigenvalue weighted by Gasteiger charge is 2.20. The molecule has 1 aliphatic carbocycles. The van der Waals surface area contributed by atoms with Crippen LogP contribution in [0.15, 0.2) is 11.6 Å². The molecule has 0 N–H and O–H groups in total. The van der Waals surface area contributed by atoms with Crippen LogP contribution in [0.4, 0.5) is 0 Å².